The summed E-state index contributed by atoms with van der Waals surface area (Å²) in [6.45, 7) is 2.66. The molecule has 1 unspecified atom stereocenters. The summed E-state index contributed by atoms with van der Waals surface area (Å²) in [6, 6.07) is 8.82. The number of carbonyl (C=O) groups excluding carboxylic acids is 1. The summed E-state index contributed by atoms with van der Waals surface area (Å²) in [5.74, 6) is -1.67. The van der Waals surface area contributed by atoms with Crippen molar-refractivity contribution in [3.05, 3.63) is 59.2 Å². The van der Waals surface area contributed by atoms with Gasteiger partial charge in [-0.15, -0.1) is 0 Å². The summed E-state index contributed by atoms with van der Waals surface area (Å²) in [5, 5.41) is 9.59. The number of halogens is 2. The van der Waals surface area contributed by atoms with Gasteiger partial charge in [0.2, 0.25) is 0 Å². The molecule has 1 saturated heterocycles. The molecule has 0 aliphatic carbocycles. The Kier molecular flexibility index (Phi) is 4.51. The van der Waals surface area contributed by atoms with Gasteiger partial charge < -0.3 is 10.0 Å². The Morgan fingerprint density at radius 2 is 2.04 bits per heavy atom. The van der Waals surface area contributed by atoms with Gasteiger partial charge >= 0.3 is 0 Å². The second kappa shape index (κ2) is 6.59. The van der Waals surface area contributed by atoms with E-state index >= 15 is 0 Å². The summed E-state index contributed by atoms with van der Waals surface area (Å²) < 4.78 is 27.7. The number of phenolic OH excluding ortho intramolecular Hbond substituents is 1. The Balaban J connectivity index is 1.92. The maximum absolute atomic E-state index is 14.2. The molecule has 0 spiro atoms. The number of carbonyl (C=O) groups is 1. The van der Waals surface area contributed by atoms with Crippen LogP contribution < -0.4 is 4.90 Å². The van der Waals surface area contributed by atoms with E-state index in [0.717, 1.165) is 19.4 Å². The van der Waals surface area contributed by atoms with Crippen LogP contribution in [-0.2, 0) is 0 Å². The number of hydrogen-bond donors (Lipinski definition) is 1. The van der Waals surface area contributed by atoms with Crippen LogP contribution in [-0.4, -0.2) is 24.0 Å². The third-order valence-corrected chi connectivity index (χ3v) is 4.55. The average molecular weight is 331 g/mol. The van der Waals surface area contributed by atoms with Crippen LogP contribution in [0.3, 0.4) is 0 Å². The van der Waals surface area contributed by atoms with E-state index in [-0.39, 0.29) is 17.5 Å². The summed E-state index contributed by atoms with van der Waals surface area (Å²) in [4.78, 5) is 13.8. The predicted octanol–water partition coefficient (Wildman–Crippen LogP) is 4.26. The van der Waals surface area contributed by atoms with Crippen LogP contribution in [0.2, 0.25) is 0 Å². The minimum Gasteiger partial charge on any atom is -0.505 e. The molecule has 2 aromatic rings. The Labute approximate surface area is 139 Å². The molecule has 5 heteroatoms. The molecular formula is C19H19F2NO2. The minimum atomic E-state index is -0.588. The van der Waals surface area contributed by atoms with Crippen molar-refractivity contribution >= 4 is 11.5 Å². The number of aromatic hydroxyl groups is 1. The molecule has 3 rings (SSSR count). The Bertz CT molecular complexity index is 776. The second-order valence-electron chi connectivity index (χ2n) is 6.18. The van der Waals surface area contributed by atoms with Gasteiger partial charge in [0.15, 0.2) is 17.3 Å². The molecule has 1 atom stereocenters. The minimum absolute atomic E-state index is 0.0873. The number of anilines is 1. The van der Waals surface area contributed by atoms with Gasteiger partial charge in [-0.05, 0) is 49.6 Å². The van der Waals surface area contributed by atoms with Gasteiger partial charge in [0.25, 0.3) is 0 Å². The summed E-state index contributed by atoms with van der Waals surface area (Å²) in [6.07, 6.45) is 1.63. The SMILES string of the molecule is CC(=O)c1cc(F)ccc1N1CCCC(c2cccc(O)c2F)C1. The first kappa shape index (κ1) is 16.4. The fourth-order valence-corrected chi connectivity index (χ4v) is 3.37. The van der Waals surface area contributed by atoms with Crippen LogP contribution in [0, 0.1) is 11.6 Å². The first-order valence-electron chi connectivity index (χ1n) is 8.00. The molecule has 3 nitrogen and oxygen atoms in total. The Morgan fingerprint density at radius 3 is 2.79 bits per heavy atom. The summed E-state index contributed by atoms with van der Waals surface area (Å²) in [5.41, 5.74) is 1.49. The molecule has 24 heavy (non-hydrogen) atoms. The van der Waals surface area contributed by atoms with E-state index in [1.807, 2.05) is 4.90 Å². The van der Waals surface area contributed by atoms with Crippen molar-refractivity contribution in [2.45, 2.75) is 25.7 Å². The first-order valence-corrected chi connectivity index (χ1v) is 8.00. The number of nitrogens with zero attached hydrogens (tertiary/aromatic N) is 1. The molecular weight excluding hydrogens is 312 g/mol. The second-order valence-corrected chi connectivity index (χ2v) is 6.18. The lowest BCUT2D eigenvalue weighted by Gasteiger charge is -2.35. The van der Waals surface area contributed by atoms with Gasteiger partial charge in [0.1, 0.15) is 5.82 Å². The largest absolute Gasteiger partial charge is 0.505 e. The number of piperidine rings is 1. The van der Waals surface area contributed by atoms with Crippen molar-refractivity contribution in [2.24, 2.45) is 0 Å². The first-order chi connectivity index (χ1) is 11.5. The Hall–Kier alpha value is -2.43. The highest BCUT2D eigenvalue weighted by atomic mass is 19.1. The molecule has 1 fully saturated rings. The topological polar surface area (TPSA) is 40.5 Å². The van der Waals surface area contributed by atoms with Gasteiger partial charge in [0.05, 0.1) is 0 Å². The predicted molar refractivity (Wildman–Crippen MR) is 88.7 cm³/mol. The standard InChI is InChI=1S/C19H19F2NO2/c1-12(23)16-10-14(20)7-8-17(16)22-9-3-4-13(11-22)15-5-2-6-18(24)19(15)21/h2,5-8,10,13,24H,3-4,9,11H2,1H3. The summed E-state index contributed by atoms with van der Waals surface area (Å²) >= 11 is 0. The van der Waals surface area contributed by atoms with Crippen LogP contribution >= 0.6 is 0 Å². The number of ketones is 1. The lowest BCUT2D eigenvalue weighted by atomic mass is 9.89. The molecule has 2 aromatic carbocycles. The van der Waals surface area contributed by atoms with Crippen LogP contribution in [0.1, 0.15) is 41.6 Å². The monoisotopic (exact) mass is 331 g/mol. The number of benzene rings is 2. The molecule has 0 amide bonds. The van der Waals surface area contributed by atoms with E-state index in [0.29, 0.717) is 23.4 Å². The zero-order chi connectivity index (χ0) is 17.3. The van der Waals surface area contributed by atoms with E-state index in [1.54, 1.807) is 18.2 Å². The van der Waals surface area contributed by atoms with Gasteiger partial charge in [-0.2, -0.15) is 0 Å². The average Bonchev–Trinajstić information content (AvgIpc) is 2.57. The molecule has 1 aliphatic rings. The third-order valence-electron chi connectivity index (χ3n) is 4.55. The highest BCUT2D eigenvalue weighted by Crippen LogP contribution is 2.34. The molecule has 1 N–H and O–H groups in total. The molecule has 0 radical (unpaired) electrons. The Morgan fingerprint density at radius 1 is 1.25 bits per heavy atom. The van der Waals surface area contributed by atoms with E-state index < -0.39 is 11.6 Å². The number of rotatable bonds is 3. The lowest BCUT2D eigenvalue weighted by molar-refractivity contribution is 0.101. The van der Waals surface area contributed by atoms with Crippen molar-refractivity contribution in [1.29, 1.82) is 0 Å². The highest BCUT2D eigenvalue weighted by Gasteiger charge is 2.26. The number of phenols is 1. The highest BCUT2D eigenvalue weighted by molar-refractivity contribution is 5.99. The van der Waals surface area contributed by atoms with Crippen molar-refractivity contribution in [2.75, 3.05) is 18.0 Å². The maximum Gasteiger partial charge on any atom is 0.168 e. The zero-order valence-electron chi connectivity index (χ0n) is 13.4. The molecule has 0 saturated carbocycles. The van der Waals surface area contributed by atoms with Gasteiger partial charge in [-0.3, -0.25) is 4.79 Å². The molecule has 1 aliphatic heterocycles. The molecule has 0 aromatic heterocycles. The van der Waals surface area contributed by atoms with E-state index in [4.69, 9.17) is 0 Å². The van der Waals surface area contributed by atoms with Crippen molar-refractivity contribution in [1.82, 2.24) is 0 Å². The maximum atomic E-state index is 14.2. The molecule has 0 bridgehead atoms. The van der Waals surface area contributed by atoms with Crippen LogP contribution in [0.5, 0.6) is 5.75 Å². The zero-order valence-corrected chi connectivity index (χ0v) is 13.4. The number of Topliss-reactive ketones (excluding diaryl/α,β-unsaturated/α-hetero) is 1. The van der Waals surface area contributed by atoms with Crippen molar-refractivity contribution in [3.8, 4) is 5.75 Å². The number of hydrogen-bond acceptors (Lipinski definition) is 3. The van der Waals surface area contributed by atoms with E-state index in [9.17, 15) is 18.7 Å². The fourth-order valence-electron chi connectivity index (χ4n) is 3.37. The van der Waals surface area contributed by atoms with Crippen molar-refractivity contribution in [3.63, 3.8) is 0 Å². The smallest absolute Gasteiger partial charge is 0.168 e. The molecule has 1 heterocycles. The van der Waals surface area contributed by atoms with E-state index in [1.165, 1.54) is 25.1 Å². The van der Waals surface area contributed by atoms with Gasteiger partial charge in [-0.25, -0.2) is 8.78 Å². The van der Waals surface area contributed by atoms with Crippen LogP contribution in [0.15, 0.2) is 36.4 Å². The quantitative estimate of drug-likeness (QED) is 0.855. The third kappa shape index (κ3) is 3.11. The van der Waals surface area contributed by atoms with Crippen molar-refractivity contribution < 1.29 is 18.7 Å². The van der Waals surface area contributed by atoms with Gasteiger partial charge in [-0.1, -0.05) is 12.1 Å². The lowest BCUT2D eigenvalue weighted by Crippen LogP contribution is -2.35. The summed E-state index contributed by atoms with van der Waals surface area (Å²) in [7, 11) is 0. The van der Waals surface area contributed by atoms with E-state index in [2.05, 4.69) is 0 Å². The van der Waals surface area contributed by atoms with Crippen LogP contribution in [0.25, 0.3) is 0 Å². The molecule has 126 valence electrons. The van der Waals surface area contributed by atoms with Crippen LogP contribution in [0.4, 0.5) is 14.5 Å². The normalized spacial score (nSPS) is 17.8. The fraction of sp³-hybridized carbons (Fsp3) is 0.316. The van der Waals surface area contributed by atoms with Gasteiger partial charge in [0, 0.05) is 30.3 Å².